The van der Waals surface area contributed by atoms with Gasteiger partial charge >= 0.3 is 5.97 Å². The summed E-state index contributed by atoms with van der Waals surface area (Å²) in [7, 11) is 1.51. The van der Waals surface area contributed by atoms with Crippen molar-refractivity contribution in [2.75, 3.05) is 7.11 Å². The number of carboxylic acid groups (broad SMARTS) is 1. The molecule has 1 unspecified atom stereocenters. The third-order valence-electron chi connectivity index (χ3n) is 2.90. The molecule has 2 rings (SSSR count). The number of ether oxygens (including phenoxy) is 2. The van der Waals surface area contributed by atoms with Crippen LogP contribution >= 0.6 is 0 Å². The lowest BCUT2D eigenvalue weighted by molar-refractivity contribution is -0.132. The molecule has 1 aliphatic heterocycles. The average Bonchev–Trinajstić information content (AvgIpc) is 2.73. The highest BCUT2D eigenvalue weighted by molar-refractivity contribution is 5.97. The van der Waals surface area contributed by atoms with Crippen molar-refractivity contribution in [3.63, 3.8) is 0 Å². The number of carbonyl (C=O) groups is 1. The lowest BCUT2D eigenvalue weighted by atomic mass is 10.0. The Kier molecular flexibility index (Phi) is 3.43. The van der Waals surface area contributed by atoms with E-state index in [-0.39, 0.29) is 11.7 Å². The van der Waals surface area contributed by atoms with Gasteiger partial charge in [-0.2, -0.15) is 5.26 Å². The van der Waals surface area contributed by atoms with Crippen LogP contribution in [0.5, 0.6) is 11.5 Å². The Morgan fingerprint density at radius 2 is 2.37 bits per heavy atom. The van der Waals surface area contributed by atoms with E-state index in [1.807, 2.05) is 13.0 Å². The molecule has 0 saturated heterocycles. The van der Waals surface area contributed by atoms with Gasteiger partial charge in [0.25, 0.3) is 0 Å². The van der Waals surface area contributed by atoms with E-state index < -0.39 is 5.97 Å². The van der Waals surface area contributed by atoms with Gasteiger partial charge in [0.2, 0.25) is 0 Å². The lowest BCUT2D eigenvalue weighted by Gasteiger charge is -2.08. The van der Waals surface area contributed by atoms with Crippen molar-refractivity contribution in [2.24, 2.45) is 0 Å². The first kappa shape index (κ1) is 13.0. The lowest BCUT2D eigenvalue weighted by Crippen LogP contribution is -2.05. The first-order valence-corrected chi connectivity index (χ1v) is 5.77. The van der Waals surface area contributed by atoms with Gasteiger partial charge in [0, 0.05) is 17.5 Å². The van der Waals surface area contributed by atoms with E-state index in [1.165, 1.54) is 13.2 Å². The molecular formula is C14H13NO4. The molecule has 0 bridgehead atoms. The van der Waals surface area contributed by atoms with Gasteiger partial charge in [-0.3, -0.25) is 0 Å². The minimum absolute atomic E-state index is 0.0915. The van der Waals surface area contributed by atoms with Crippen molar-refractivity contribution >= 4 is 12.0 Å². The first-order valence-electron chi connectivity index (χ1n) is 5.77. The summed E-state index contributed by atoms with van der Waals surface area (Å²) in [6, 6.07) is 5.17. The van der Waals surface area contributed by atoms with Gasteiger partial charge in [0.05, 0.1) is 7.11 Å². The van der Waals surface area contributed by atoms with Gasteiger partial charge in [-0.05, 0) is 25.1 Å². The molecular weight excluding hydrogens is 246 g/mol. The molecule has 0 saturated carbocycles. The van der Waals surface area contributed by atoms with Crippen molar-refractivity contribution < 1.29 is 19.4 Å². The van der Waals surface area contributed by atoms with E-state index in [2.05, 4.69) is 0 Å². The van der Waals surface area contributed by atoms with Crippen molar-refractivity contribution in [3.05, 3.63) is 28.8 Å². The third-order valence-corrected chi connectivity index (χ3v) is 2.90. The fraction of sp³-hybridized carbons (Fsp3) is 0.286. The molecule has 1 heterocycles. The molecule has 98 valence electrons. The monoisotopic (exact) mass is 259 g/mol. The highest BCUT2D eigenvalue weighted by atomic mass is 16.5. The van der Waals surface area contributed by atoms with E-state index >= 15 is 0 Å². The van der Waals surface area contributed by atoms with E-state index in [4.69, 9.17) is 19.8 Å². The van der Waals surface area contributed by atoms with Crippen LogP contribution in [0.2, 0.25) is 0 Å². The Morgan fingerprint density at radius 3 is 2.95 bits per heavy atom. The van der Waals surface area contributed by atoms with E-state index in [9.17, 15) is 4.79 Å². The number of nitrogens with zero attached hydrogens (tertiary/aromatic N) is 1. The molecule has 1 atom stereocenters. The van der Waals surface area contributed by atoms with Crippen LogP contribution in [-0.2, 0) is 11.2 Å². The minimum Gasteiger partial charge on any atom is -0.496 e. The molecule has 5 nitrogen and oxygen atoms in total. The number of nitriles is 1. The number of aliphatic carboxylic acids is 1. The topological polar surface area (TPSA) is 79.5 Å². The number of benzene rings is 1. The smallest absolute Gasteiger partial charge is 0.346 e. The van der Waals surface area contributed by atoms with Gasteiger partial charge < -0.3 is 14.6 Å². The van der Waals surface area contributed by atoms with Gasteiger partial charge in [-0.25, -0.2) is 4.79 Å². The van der Waals surface area contributed by atoms with Crippen LogP contribution < -0.4 is 9.47 Å². The Bertz CT molecular complexity index is 598. The summed E-state index contributed by atoms with van der Waals surface area (Å²) in [5.41, 5.74) is 1.20. The van der Waals surface area contributed by atoms with E-state index in [0.717, 1.165) is 12.0 Å². The zero-order valence-electron chi connectivity index (χ0n) is 10.6. The number of hydrogen-bond acceptors (Lipinski definition) is 4. The predicted octanol–water partition coefficient (Wildman–Crippen LogP) is 2.01. The normalized spacial score (nSPS) is 17.3. The highest BCUT2D eigenvalue weighted by Crippen LogP contribution is 2.35. The number of fused-ring (bicyclic) bond motifs is 1. The minimum atomic E-state index is -1.26. The zero-order chi connectivity index (χ0) is 14.0. The van der Waals surface area contributed by atoms with Crippen molar-refractivity contribution in [3.8, 4) is 17.6 Å². The zero-order valence-corrected chi connectivity index (χ0v) is 10.6. The molecule has 0 radical (unpaired) electrons. The summed E-state index contributed by atoms with van der Waals surface area (Å²) in [5, 5.41) is 17.7. The third kappa shape index (κ3) is 2.52. The molecule has 0 spiro atoms. The van der Waals surface area contributed by atoms with Crippen LogP contribution in [0, 0.1) is 11.3 Å². The summed E-state index contributed by atoms with van der Waals surface area (Å²) < 4.78 is 10.8. The van der Waals surface area contributed by atoms with Crippen molar-refractivity contribution in [2.45, 2.75) is 19.4 Å². The van der Waals surface area contributed by atoms with Crippen LogP contribution in [0.15, 0.2) is 17.7 Å². The Labute approximate surface area is 110 Å². The largest absolute Gasteiger partial charge is 0.496 e. The first-order chi connectivity index (χ1) is 9.05. The number of hydrogen-bond donors (Lipinski definition) is 1. The van der Waals surface area contributed by atoms with Crippen molar-refractivity contribution in [1.82, 2.24) is 0 Å². The molecule has 1 aromatic rings. The average molecular weight is 259 g/mol. The molecule has 0 aromatic heterocycles. The number of carboxylic acids is 1. The van der Waals surface area contributed by atoms with Crippen LogP contribution in [-0.4, -0.2) is 24.3 Å². The molecule has 5 heteroatoms. The molecule has 1 aliphatic rings. The van der Waals surface area contributed by atoms with Gasteiger partial charge in [0.15, 0.2) is 0 Å². The summed E-state index contributed by atoms with van der Waals surface area (Å²) in [6.45, 7) is 1.96. The van der Waals surface area contributed by atoms with Crippen LogP contribution in [0.3, 0.4) is 0 Å². The highest BCUT2D eigenvalue weighted by Gasteiger charge is 2.21. The molecule has 19 heavy (non-hydrogen) atoms. The standard InChI is InChI=1S/C14H13NO4/c1-8-3-9-5-12(18-2)10(6-13(9)19-8)4-11(7-15)14(16)17/h4-6,8H,3H2,1-2H3,(H,16,17)/b11-4-. The van der Waals surface area contributed by atoms with Crippen LogP contribution in [0.25, 0.3) is 6.08 Å². The Morgan fingerprint density at radius 1 is 1.63 bits per heavy atom. The quantitative estimate of drug-likeness (QED) is 0.663. The van der Waals surface area contributed by atoms with Crippen LogP contribution in [0.1, 0.15) is 18.1 Å². The fourth-order valence-corrected chi connectivity index (χ4v) is 2.04. The Hall–Kier alpha value is -2.48. The molecule has 0 fully saturated rings. The maximum atomic E-state index is 10.9. The second kappa shape index (κ2) is 5.02. The van der Waals surface area contributed by atoms with Crippen LogP contribution in [0.4, 0.5) is 0 Å². The van der Waals surface area contributed by atoms with E-state index in [0.29, 0.717) is 17.1 Å². The SMILES string of the molecule is COc1cc2c(cc1/C=C(/C#N)C(=O)O)OC(C)C2. The summed E-state index contributed by atoms with van der Waals surface area (Å²) in [6.07, 6.45) is 2.17. The number of rotatable bonds is 3. The van der Waals surface area contributed by atoms with Crippen molar-refractivity contribution in [1.29, 1.82) is 5.26 Å². The van der Waals surface area contributed by atoms with E-state index in [1.54, 1.807) is 12.1 Å². The molecule has 1 N–H and O–H groups in total. The maximum Gasteiger partial charge on any atom is 0.346 e. The summed E-state index contributed by atoms with van der Waals surface area (Å²) >= 11 is 0. The second-order valence-electron chi connectivity index (χ2n) is 4.31. The second-order valence-corrected chi connectivity index (χ2v) is 4.31. The fourth-order valence-electron chi connectivity index (χ4n) is 2.04. The van der Waals surface area contributed by atoms with Gasteiger partial charge in [0.1, 0.15) is 29.2 Å². The summed E-state index contributed by atoms with van der Waals surface area (Å²) in [5.74, 6) is -0.0213. The molecule has 0 amide bonds. The summed E-state index contributed by atoms with van der Waals surface area (Å²) in [4.78, 5) is 10.9. The predicted molar refractivity (Wildman–Crippen MR) is 68.0 cm³/mol. The molecule has 1 aromatic carbocycles. The maximum absolute atomic E-state index is 10.9. The molecule has 0 aliphatic carbocycles. The van der Waals surface area contributed by atoms with Gasteiger partial charge in [-0.15, -0.1) is 0 Å². The Balaban J connectivity index is 2.50. The number of methoxy groups -OCH3 is 1. The van der Waals surface area contributed by atoms with Gasteiger partial charge in [-0.1, -0.05) is 0 Å².